The van der Waals surface area contributed by atoms with Gasteiger partial charge in [-0.05, 0) is 12.1 Å². The van der Waals surface area contributed by atoms with E-state index in [2.05, 4.69) is 10.9 Å². The molecule has 1 aromatic carbocycles. The molecule has 0 amide bonds. The fourth-order valence-electron chi connectivity index (χ4n) is 1.77. The molecule has 0 N–H and O–H groups in total. The predicted molar refractivity (Wildman–Crippen MR) is 75.0 cm³/mol. The number of hydrogen-bond acceptors (Lipinski definition) is 4. The average molecular weight is 270 g/mol. The summed E-state index contributed by atoms with van der Waals surface area (Å²) in [6.07, 6.45) is 7.01. The minimum atomic E-state index is -0.375. The third kappa shape index (κ3) is 3.23. The summed E-state index contributed by atoms with van der Waals surface area (Å²) in [5, 5.41) is 0.538. The van der Waals surface area contributed by atoms with Crippen molar-refractivity contribution in [3.63, 3.8) is 0 Å². The number of terminal acetylenes is 1. The maximum Gasteiger partial charge on any atom is 0.307 e. The Balaban J connectivity index is 2.04. The number of carbonyl (C=O) groups excluding carboxylic acids is 1. The summed E-state index contributed by atoms with van der Waals surface area (Å²) in [6, 6.07) is 7.09. The summed E-state index contributed by atoms with van der Waals surface area (Å²) in [4.78, 5) is 27.8. The molecule has 102 valence electrons. The van der Waals surface area contributed by atoms with Crippen molar-refractivity contribution >= 4 is 16.9 Å². The van der Waals surface area contributed by atoms with E-state index in [1.54, 1.807) is 18.2 Å². The number of ether oxygens (including phenoxy) is 1. The Bertz CT molecular complexity index is 713. The van der Waals surface area contributed by atoms with Gasteiger partial charge in [-0.15, -0.1) is 12.3 Å². The number of fused-ring (bicyclic) bond motifs is 1. The second kappa shape index (κ2) is 6.53. The van der Waals surface area contributed by atoms with Gasteiger partial charge < -0.3 is 4.74 Å². The van der Waals surface area contributed by atoms with Gasteiger partial charge in [-0.3, -0.25) is 14.2 Å². The molecule has 0 aliphatic rings. The van der Waals surface area contributed by atoms with Crippen LogP contribution in [0.2, 0.25) is 0 Å². The third-order valence-electron chi connectivity index (χ3n) is 2.80. The van der Waals surface area contributed by atoms with Crippen LogP contribution in [0.3, 0.4) is 0 Å². The minimum absolute atomic E-state index is 0.116. The van der Waals surface area contributed by atoms with Crippen LogP contribution < -0.4 is 5.56 Å². The van der Waals surface area contributed by atoms with Gasteiger partial charge in [-0.2, -0.15) is 0 Å². The second-order valence-electron chi connectivity index (χ2n) is 4.18. The van der Waals surface area contributed by atoms with Gasteiger partial charge >= 0.3 is 5.97 Å². The van der Waals surface area contributed by atoms with Gasteiger partial charge in [0.2, 0.25) is 0 Å². The molecule has 1 aromatic heterocycles. The van der Waals surface area contributed by atoms with Gasteiger partial charge in [0, 0.05) is 13.0 Å². The highest BCUT2D eigenvalue weighted by Gasteiger charge is 2.06. The molecule has 1 heterocycles. The normalized spacial score (nSPS) is 10.2. The van der Waals surface area contributed by atoms with E-state index in [1.807, 2.05) is 6.07 Å². The van der Waals surface area contributed by atoms with Crippen LogP contribution in [0.5, 0.6) is 0 Å². The van der Waals surface area contributed by atoms with Crippen LogP contribution in [0.1, 0.15) is 12.8 Å². The van der Waals surface area contributed by atoms with Crippen LogP contribution in [0.25, 0.3) is 10.9 Å². The molecule has 0 bridgehead atoms. The van der Waals surface area contributed by atoms with Crippen molar-refractivity contribution in [3.8, 4) is 12.3 Å². The molecule has 0 atom stereocenters. The highest BCUT2D eigenvalue weighted by molar-refractivity contribution is 5.77. The zero-order valence-electron chi connectivity index (χ0n) is 10.9. The van der Waals surface area contributed by atoms with Crippen LogP contribution >= 0.6 is 0 Å². The lowest BCUT2D eigenvalue weighted by molar-refractivity contribution is -0.143. The molecule has 5 heteroatoms. The van der Waals surface area contributed by atoms with E-state index < -0.39 is 0 Å². The lowest BCUT2D eigenvalue weighted by Crippen LogP contribution is -2.22. The summed E-state index contributed by atoms with van der Waals surface area (Å²) < 4.78 is 6.32. The van der Waals surface area contributed by atoms with E-state index >= 15 is 0 Å². The molecular formula is C15H14N2O3. The van der Waals surface area contributed by atoms with Crippen LogP contribution in [0.4, 0.5) is 0 Å². The fraction of sp³-hybridized carbons (Fsp3) is 0.267. The molecule has 2 rings (SSSR count). The third-order valence-corrected chi connectivity index (χ3v) is 2.80. The zero-order valence-corrected chi connectivity index (χ0v) is 10.9. The molecule has 0 saturated carbocycles. The Labute approximate surface area is 116 Å². The zero-order chi connectivity index (χ0) is 14.4. The number of aromatic nitrogens is 2. The van der Waals surface area contributed by atoms with Crippen molar-refractivity contribution in [2.24, 2.45) is 0 Å². The molecule has 0 radical (unpaired) electrons. The van der Waals surface area contributed by atoms with Gasteiger partial charge in [0.05, 0.1) is 23.7 Å². The largest absolute Gasteiger partial charge is 0.465 e. The van der Waals surface area contributed by atoms with Gasteiger partial charge in [0.1, 0.15) is 6.61 Å². The Morgan fingerprint density at radius 2 is 2.20 bits per heavy atom. The van der Waals surface area contributed by atoms with Crippen molar-refractivity contribution in [3.05, 3.63) is 40.9 Å². The molecule has 20 heavy (non-hydrogen) atoms. The lowest BCUT2D eigenvalue weighted by atomic mass is 10.2. The summed E-state index contributed by atoms with van der Waals surface area (Å²) in [6.45, 7) is 0.450. The van der Waals surface area contributed by atoms with E-state index in [-0.39, 0.29) is 31.1 Å². The number of aryl methyl sites for hydroxylation is 1. The van der Waals surface area contributed by atoms with E-state index in [9.17, 15) is 9.59 Å². The molecule has 0 aliphatic heterocycles. The molecular weight excluding hydrogens is 256 g/mol. The first-order chi connectivity index (χ1) is 9.72. The van der Waals surface area contributed by atoms with Crippen molar-refractivity contribution in [2.45, 2.75) is 19.4 Å². The van der Waals surface area contributed by atoms with Gasteiger partial charge in [0.25, 0.3) is 5.56 Å². The summed E-state index contributed by atoms with van der Waals surface area (Å²) in [7, 11) is 0. The average Bonchev–Trinajstić information content (AvgIpc) is 2.47. The molecule has 0 unspecified atom stereocenters. The number of carbonyl (C=O) groups is 1. The van der Waals surface area contributed by atoms with E-state index in [1.165, 1.54) is 10.9 Å². The Morgan fingerprint density at radius 1 is 1.40 bits per heavy atom. The van der Waals surface area contributed by atoms with Crippen LogP contribution in [-0.2, 0) is 16.1 Å². The van der Waals surface area contributed by atoms with Crippen LogP contribution in [0, 0.1) is 12.3 Å². The number of benzene rings is 1. The molecule has 0 aliphatic carbocycles. The van der Waals surface area contributed by atoms with Crippen molar-refractivity contribution in [1.29, 1.82) is 0 Å². The van der Waals surface area contributed by atoms with Crippen LogP contribution in [-0.4, -0.2) is 22.1 Å². The molecule has 5 nitrogen and oxygen atoms in total. The smallest absolute Gasteiger partial charge is 0.307 e. The molecule has 0 fully saturated rings. The quantitative estimate of drug-likeness (QED) is 0.467. The second-order valence-corrected chi connectivity index (χ2v) is 4.18. The molecule has 0 saturated heterocycles. The Hall–Kier alpha value is -2.61. The topological polar surface area (TPSA) is 61.2 Å². The Kier molecular flexibility index (Phi) is 4.51. The van der Waals surface area contributed by atoms with Gasteiger partial charge in [-0.1, -0.05) is 12.1 Å². The highest BCUT2D eigenvalue weighted by Crippen LogP contribution is 2.04. The number of para-hydroxylation sites is 1. The summed E-state index contributed by atoms with van der Waals surface area (Å²) in [5.41, 5.74) is 0.484. The molecule has 2 aromatic rings. The maximum absolute atomic E-state index is 12.1. The van der Waals surface area contributed by atoms with Gasteiger partial charge in [-0.25, -0.2) is 4.98 Å². The number of nitrogens with zero attached hydrogens (tertiary/aromatic N) is 2. The monoisotopic (exact) mass is 270 g/mol. The Morgan fingerprint density at radius 3 is 3.00 bits per heavy atom. The van der Waals surface area contributed by atoms with E-state index in [0.717, 1.165) is 0 Å². The van der Waals surface area contributed by atoms with Crippen LogP contribution in [0.15, 0.2) is 35.4 Å². The highest BCUT2D eigenvalue weighted by atomic mass is 16.5. The standard InChI is InChI=1S/C15H14N2O3/c1-2-3-10-20-14(18)8-9-17-11-16-13-7-5-4-6-12(13)15(17)19/h1,4-7,11H,3,8-10H2. The van der Waals surface area contributed by atoms with E-state index in [0.29, 0.717) is 17.3 Å². The number of esters is 1. The number of rotatable bonds is 5. The SMILES string of the molecule is C#CCCOC(=O)CCn1cnc2ccccc2c1=O. The summed E-state index contributed by atoms with van der Waals surface area (Å²) >= 11 is 0. The molecule has 0 spiro atoms. The lowest BCUT2D eigenvalue weighted by Gasteiger charge is -2.06. The maximum atomic E-state index is 12.1. The first-order valence-corrected chi connectivity index (χ1v) is 6.25. The first kappa shape index (κ1) is 13.8. The van der Waals surface area contributed by atoms with Crippen molar-refractivity contribution in [1.82, 2.24) is 9.55 Å². The minimum Gasteiger partial charge on any atom is -0.465 e. The van der Waals surface area contributed by atoms with Crippen molar-refractivity contribution < 1.29 is 9.53 Å². The van der Waals surface area contributed by atoms with Gasteiger partial charge in [0.15, 0.2) is 0 Å². The van der Waals surface area contributed by atoms with E-state index in [4.69, 9.17) is 11.2 Å². The predicted octanol–water partition coefficient (Wildman–Crippen LogP) is 1.35. The summed E-state index contributed by atoms with van der Waals surface area (Å²) in [5.74, 6) is 2.01. The first-order valence-electron chi connectivity index (χ1n) is 6.25. The van der Waals surface area contributed by atoms with Crippen molar-refractivity contribution in [2.75, 3.05) is 6.61 Å². The fourth-order valence-corrected chi connectivity index (χ4v) is 1.77. The number of hydrogen-bond donors (Lipinski definition) is 0.